The predicted molar refractivity (Wildman–Crippen MR) is 73.2 cm³/mol. The summed E-state index contributed by atoms with van der Waals surface area (Å²) in [5, 5.41) is 2.81. The van der Waals surface area contributed by atoms with Crippen LogP contribution >= 0.6 is 0 Å². The molecule has 94 valence electrons. The van der Waals surface area contributed by atoms with Crippen LogP contribution in [0.2, 0.25) is 0 Å². The molecule has 1 N–H and O–H groups in total. The predicted octanol–water partition coefficient (Wildman–Crippen LogP) is 3.51. The van der Waals surface area contributed by atoms with E-state index < -0.39 is 6.09 Å². The van der Waals surface area contributed by atoms with E-state index in [0.29, 0.717) is 5.76 Å². The first-order valence-corrected chi connectivity index (χ1v) is 6.13. The number of amides is 1. The number of benzene rings is 2. The van der Waals surface area contributed by atoms with E-state index in [2.05, 4.69) is 5.32 Å². The molecule has 3 rings (SSSR count). The number of carbonyl (C=O) groups excluding carboxylic acids is 1. The zero-order valence-electron chi connectivity index (χ0n) is 10.2. The van der Waals surface area contributed by atoms with E-state index in [1.54, 1.807) is 0 Å². The van der Waals surface area contributed by atoms with Crippen LogP contribution in [0.25, 0.3) is 6.08 Å². The Morgan fingerprint density at radius 3 is 2.26 bits per heavy atom. The number of alkyl carbamates (subject to hydrolysis) is 1. The zero-order valence-corrected chi connectivity index (χ0v) is 10.2. The van der Waals surface area contributed by atoms with Gasteiger partial charge in [-0.3, -0.25) is 0 Å². The quantitative estimate of drug-likeness (QED) is 0.887. The second-order valence-electron chi connectivity index (χ2n) is 4.33. The van der Waals surface area contributed by atoms with Crippen LogP contribution in [-0.4, -0.2) is 6.09 Å². The summed E-state index contributed by atoms with van der Waals surface area (Å²) in [6.45, 7) is 0. The molecular weight excluding hydrogens is 238 g/mol. The lowest BCUT2D eigenvalue weighted by Crippen LogP contribution is -2.17. The molecule has 1 saturated heterocycles. The van der Waals surface area contributed by atoms with Crippen LogP contribution in [0, 0.1) is 0 Å². The minimum atomic E-state index is -0.406. The fraction of sp³-hybridized carbons (Fsp3) is 0.0625. The Morgan fingerprint density at radius 1 is 0.947 bits per heavy atom. The maximum Gasteiger partial charge on any atom is 0.413 e. The molecule has 0 aliphatic carbocycles. The van der Waals surface area contributed by atoms with Gasteiger partial charge in [0, 0.05) is 0 Å². The Balaban J connectivity index is 1.95. The largest absolute Gasteiger partial charge is 0.413 e. The number of nitrogens with one attached hydrogen (secondary N) is 1. The lowest BCUT2D eigenvalue weighted by atomic mass is 10.0. The second-order valence-corrected chi connectivity index (χ2v) is 4.33. The van der Waals surface area contributed by atoms with Crippen LogP contribution in [0.1, 0.15) is 17.2 Å². The molecule has 19 heavy (non-hydrogen) atoms. The van der Waals surface area contributed by atoms with Crippen molar-refractivity contribution in [2.45, 2.75) is 6.04 Å². The lowest BCUT2D eigenvalue weighted by molar-refractivity contribution is 0.195. The summed E-state index contributed by atoms with van der Waals surface area (Å²) in [6.07, 6.45) is 1.48. The van der Waals surface area contributed by atoms with Gasteiger partial charge in [0.05, 0.1) is 0 Å². The van der Waals surface area contributed by atoms with Gasteiger partial charge in [-0.05, 0) is 17.2 Å². The molecule has 3 nitrogen and oxygen atoms in total. The van der Waals surface area contributed by atoms with Crippen LogP contribution in [0.3, 0.4) is 0 Å². The summed E-state index contributed by atoms with van der Waals surface area (Å²) in [6, 6.07) is 19.4. The van der Waals surface area contributed by atoms with Gasteiger partial charge in [0.25, 0.3) is 0 Å². The van der Waals surface area contributed by atoms with Gasteiger partial charge in [-0.1, -0.05) is 60.7 Å². The van der Waals surface area contributed by atoms with Crippen LogP contribution in [-0.2, 0) is 4.74 Å². The first-order valence-electron chi connectivity index (χ1n) is 6.13. The zero-order chi connectivity index (χ0) is 13.1. The smallest absolute Gasteiger partial charge is 0.412 e. The minimum absolute atomic E-state index is 0.214. The summed E-state index contributed by atoms with van der Waals surface area (Å²) in [5.74, 6) is 0.627. The highest BCUT2D eigenvalue weighted by Crippen LogP contribution is 2.29. The van der Waals surface area contributed by atoms with E-state index in [0.717, 1.165) is 11.1 Å². The van der Waals surface area contributed by atoms with E-state index in [1.807, 2.05) is 66.7 Å². The first kappa shape index (κ1) is 11.5. The molecule has 2 aromatic rings. The molecule has 0 radical (unpaired) electrons. The van der Waals surface area contributed by atoms with Crippen molar-refractivity contribution in [2.75, 3.05) is 0 Å². The van der Waals surface area contributed by atoms with Crippen molar-refractivity contribution in [1.82, 2.24) is 5.32 Å². The molecule has 2 aromatic carbocycles. The number of cyclic esters (lactones) is 1. The lowest BCUT2D eigenvalue weighted by Gasteiger charge is -2.09. The van der Waals surface area contributed by atoms with Crippen molar-refractivity contribution in [3.05, 3.63) is 77.5 Å². The fourth-order valence-corrected chi connectivity index (χ4v) is 2.10. The molecule has 1 fully saturated rings. The Labute approximate surface area is 111 Å². The number of rotatable bonds is 2. The van der Waals surface area contributed by atoms with Crippen molar-refractivity contribution in [2.24, 2.45) is 0 Å². The van der Waals surface area contributed by atoms with E-state index in [1.165, 1.54) is 0 Å². The van der Waals surface area contributed by atoms with Gasteiger partial charge in [0.15, 0.2) is 0 Å². The van der Waals surface area contributed by atoms with E-state index in [9.17, 15) is 4.79 Å². The molecule has 1 heterocycles. The van der Waals surface area contributed by atoms with E-state index in [4.69, 9.17) is 4.74 Å². The summed E-state index contributed by atoms with van der Waals surface area (Å²) >= 11 is 0. The standard InChI is InChI=1S/C16H13NO2/c18-16-17-15(13-9-5-2-6-10-13)14(19-16)11-12-7-3-1-4-8-12/h1-11,15H,(H,17,18)/b14-11-. The monoisotopic (exact) mass is 251 g/mol. The molecule has 1 atom stereocenters. The molecule has 3 heteroatoms. The van der Waals surface area contributed by atoms with E-state index in [-0.39, 0.29) is 6.04 Å². The van der Waals surface area contributed by atoms with Crippen molar-refractivity contribution >= 4 is 12.2 Å². The molecule has 0 saturated carbocycles. The van der Waals surface area contributed by atoms with Crippen LogP contribution < -0.4 is 5.32 Å². The number of hydrogen-bond donors (Lipinski definition) is 1. The normalized spacial score (nSPS) is 20.1. The highest BCUT2D eigenvalue weighted by atomic mass is 16.6. The molecular formula is C16H13NO2. The minimum Gasteiger partial charge on any atom is -0.412 e. The number of ether oxygens (including phenoxy) is 1. The summed E-state index contributed by atoms with van der Waals surface area (Å²) in [7, 11) is 0. The van der Waals surface area contributed by atoms with Gasteiger partial charge in [0.2, 0.25) is 0 Å². The van der Waals surface area contributed by atoms with Crippen molar-refractivity contribution in [3.63, 3.8) is 0 Å². The van der Waals surface area contributed by atoms with Gasteiger partial charge in [-0.25, -0.2) is 4.79 Å². The maximum atomic E-state index is 11.5. The van der Waals surface area contributed by atoms with Crippen molar-refractivity contribution < 1.29 is 9.53 Å². The Morgan fingerprint density at radius 2 is 1.58 bits per heavy atom. The SMILES string of the molecule is O=C1NC(c2ccccc2)/C(=C/c2ccccc2)O1. The molecule has 0 aromatic heterocycles. The highest BCUT2D eigenvalue weighted by Gasteiger charge is 2.29. The van der Waals surface area contributed by atoms with Gasteiger partial charge in [-0.15, -0.1) is 0 Å². The summed E-state index contributed by atoms with van der Waals surface area (Å²) in [5.41, 5.74) is 2.02. The van der Waals surface area contributed by atoms with Crippen LogP contribution in [0.5, 0.6) is 0 Å². The van der Waals surface area contributed by atoms with Gasteiger partial charge < -0.3 is 10.1 Å². The first-order chi connectivity index (χ1) is 9.33. The van der Waals surface area contributed by atoms with Crippen molar-refractivity contribution in [3.8, 4) is 0 Å². The summed E-state index contributed by atoms with van der Waals surface area (Å²) < 4.78 is 5.24. The maximum absolute atomic E-state index is 11.5. The van der Waals surface area contributed by atoms with Gasteiger partial charge in [-0.2, -0.15) is 0 Å². The topological polar surface area (TPSA) is 38.3 Å². The average molecular weight is 251 g/mol. The highest BCUT2D eigenvalue weighted by molar-refractivity contribution is 5.75. The third-order valence-corrected chi connectivity index (χ3v) is 3.00. The molecule has 1 unspecified atom stereocenters. The van der Waals surface area contributed by atoms with Gasteiger partial charge >= 0.3 is 6.09 Å². The molecule has 0 spiro atoms. The second kappa shape index (κ2) is 4.98. The third-order valence-electron chi connectivity index (χ3n) is 3.00. The number of hydrogen-bond acceptors (Lipinski definition) is 2. The average Bonchev–Trinajstić information content (AvgIpc) is 2.82. The Bertz CT molecular complexity index is 605. The van der Waals surface area contributed by atoms with Gasteiger partial charge in [0.1, 0.15) is 11.8 Å². The molecule has 0 bridgehead atoms. The third kappa shape index (κ3) is 2.50. The van der Waals surface area contributed by atoms with Crippen molar-refractivity contribution in [1.29, 1.82) is 0 Å². The van der Waals surface area contributed by atoms with E-state index >= 15 is 0 Å². The van der Waals surface area contributed by atoms with Crippen LogP contribution in [0.4, 0.5) is 4.79 Å². The fourth-order valence-electron chi connectivity index (χ4n) is 2.10. The number of carbonyl (C=O) groups is 1. The Hall–Kier alpha value is -2.55. The molecule has 1 aliphatic rings. The summed E-state index contributed by atoms with van der Waals surface area (Å²) in [4.78, 5) is 11.5. The molecule has 1 amide bonds. The molecule has 1 aliphatic heterocycles. The Kier molecular flexibility index (Phi) is 3.02. The van der Waals surface area contributed by atoms with Crippen LogP contribution in [0.15, 0.2) is 66.4 Å².